The number of nitrogens with zero attached hydrogens (tertiary/aromatic N) is 1. The van der Waals surface area contributed by atoms with Crippen LogP contribution in [0.25, 0.3) is 0 Å². The number of urea groups is 1. The molecule has 0 heterocycles. The summed E-state index contributed by atoms with van der Waals surface area (Å²) in [6, 6.07) is 17.2. The first kappa shape index (κ1) is 20.2. The maximum atomic E-state index is 12.8. The molecule has 27 heavy (non-hydrogen) atoms. The van der Waals surface area contributed by atoms with Crippen LogP contribution in [-0.4, -0.2) is 24.5 Å². The minimum atomic E-state index is -0.165. The van der Waals surface area contributed by atoms with E-state index in [1.165, 1.54) is 0 Å². The van der Waals surface area contributed by atoms with Gasteiger partial charge in [0.15, 0.2) is 0 Å². The lowest BCUT2D eigenvalue weighted by atomic mass is 10.1. The third-order valence-corrected chi connectivity index (χ3v) is 3.87. The van der Waals surface area contributed by atoms with Crippen LogP contribution in [0, 0.1) is 0 Å². The van der Waals surface area contributed by atoms with Crippen LogP contribution in [0.5, 0.6) is 0 Å². The minimum Gasteiger partial charge on any atom is -0.352 e. The van der Waals surface area contributed by atoms with Crippen molar-refractivity contribution in [3.63, 3.8) is 0 Å². The predicted octanol–water partition coefficient (Wildman–Crippen LogP) is 3.66. The Hall–Kier alpha value is -3.08. The van der Waals surface area contributed by atoms with E-state index < -0.39 is 0 Å². The highest BCUT2D eigenvalue weighted by Crippen LogP contribution is 2.20. The van der Waals surface area contributed by atoms with E-state index in [1.54, 1.807) is 11.0 Å². The topological polar surface area (TPSA) is 61.4 Å². The number of rotatable bonds is 8. The van der Waals surface area contributed by atoms with Gasteiger partial charge in [-0.15, -0.1) is 6.58 Å². The smallest absolute Gasteiger partial charge is 0.322 e. The summed E-state index contributed by atoms with van der Waals surface area (Å²) >= 11 is 0. The first-order valence-corrected chi connectivity index (χ1v) is 9.08. The van der Waals surface area contributed by atoms with Crippen LogP contribution in [0.2, 0.25) is 0 Å². The predicted molar refractivity (Wildman–Crippen MR) is 110 cm³/mol. The fourth-order valence-corrected chi connectivity index (χ4v) is 2.64. The van der Waals surface area contributed by atoms with E-state index in [9.17, 15) is 9.59 Å². The normalized spacial score (nSPS) is 10.3. The van der Waals surface area contributed by atoms with Crippen LogP contribution < -0.4 is 15.5 Å². The number of benzene rings is 2. The van der Waals surface area contributed by atoms with Crippen molar-refractivity contribution in [1.82, 2.24) is 10.6 Å². The van der Waals surface area contributed by atoms with Gasteiger partial charge >= 0.3 is 6.03 Å². The van der Waals surface area contributed by atoms with Crippen LogP contribution in [0.4, 0.5) is 10.5 Å². The van der Waals surface area contributed by atoms with E-state index in [1.807, 2.05) is 68.4 Å². The van der Waals surface area contributed by atoms with Gasteiger partial charge in [0, 0.05) is 18.3 Å². The first-order valence-electron chi connectivity index (χ1n) is 9.08. The Balaban J connectivity index is 2.23. The fourth-order valence-electron chi connectivity index (χ4n) is 2.64. The highest BCUT2D eigenvalue weighted by Gasteiger charge is 2.17. The zero-order valence-corrected chi connectivity index (χ0v) is 15.9. The average Bonchev–Trinajstić information content (AvgIpc) is 2.65. The van der Waals surface area contributed by atoms with Crippen molar-refractivity contribution >= 4 is 17.6 Å². The third kappa shape index (κ3) is 6.62. The van der Waals surface area contributed by atoms with Crippen LogP contribution in [0.1, 0.15) is 25.0 Å². The lowest BCUT2D eigenvalue weighted by molar-refractivity contribution is -0.120. The molecular formula is C22H27N3O2. The standard InChI is InChI=1S/C22H27N3O2/c1-4-13-23-21(26)15-19-11-8-12-20(14-19)25(22(27)24-17(2)3)16-18-9-6-5-7-10-18/h4-12,14,17H,1,13,15-16H2,2-3H3,(H,23,26)(H,24,27). The first-order chi connectivity index (χ1) is 13.0. The summed E-state index contributed by atoms with van der Waals surface area (Å²) in [6.07, 6.45) is 1.90. The molecule has 142 valence electrons. The maximum Gasteiger partial charge on any atom is 0.322 e. The van der Waals surface area contributed by atoms with Crippen molar-refractivity contribution in [2.45, 2.75) is 32.9 Å². The van der Waals surface area contributed by atoms with Crippen molar-refractivity contribution in [1.29, 1.82) is 0 Å². The number of hydrogen-bond donors (Lipinski definition) is 2. The minimum absolute atomic E-state index is 0.0311. The van der Waals surface area contributed by atoms with Crippen molar-refractivity contribution < 1.29 is 9.59 Å². The van der Waals surface area contributed by atoms with Crippen molar-refractivity contribution in [3.05, 3.63) is 78.4 Å². The van der Waals surface area contributed by atoms with Gasteiger partial charge in [0.2, 0.25) is 5.91 Å². The SMILES string of the molecule is C=CCNC(=O)Cc1cccc(N(Cc2ccccc2)C(=O)NC(C)C)c1. The number of nitrogens with one attached hydrogen (secondary N) is 2. The molecule has 0 unspecified atom stereocenters. The molecule has 0 fully saturated rings. The van der Waals surface area contributed by atoms with E-state index in [0.717, 1.165) is 16.8 Å². The molecule has 0 radical (unpaired) electrons. The average molecular weight is 365 g/mol. The molecular weight excluding hydrogens is 338 g/mol. The lowest BCUT2D eigenvalue weighted by Gasteiger charge is -2.25. The molecule has 5 nitrogen and oxygen atoms in total. The Morgan fingerprint density at radius 1 is 1.07 bits per heavy atom. The molecule has 0 aliphatic carbocycles. The summed E-state index contributed by atoms with van der Waals surface area (Å²) < 4.78 is 0. The number of carbonyl (C=O) groups excluding carboxylic acids is 2. The molecule has 0 atom stereocenters. The molecule has 2 aromatic carbocycles. The third-order valence-electron chi connectivity index (χ3n) is 3.87. The lowest BCUT2D eigenvalue weighted by Crippen LogP contribution is -2.42. The largest absolute Gasteiger partial charge is 0.352 e. The van der Waals surface area contributed by atoms with Gasteiger partial charge in [-0.1, -0.05) is 48.5 Å². The van der Waals surface area contributed by atoms with Gasteiger partial charge < -0.3 is 10.6 Å². The zero-order chi connectivity index (χ0) is 19.6. The maximum absolute atomic E-state index is 12.8. The van der Waals surface area contributed by atoms with Gasteiger partial charge in [-0.2, -0.15) is 0 Å². The summed E-state index contributed by atoms with van der Waals surface area (Å²) in [6.45, 7) is 8.34. The summed E-state index contributed by atoms with van der Waals surface area (Å²) in [5, 5.41) is 5.71. The number of carbonyl (C=O) groups is 2. The quantitative estimate of drug-likeness (QED) is 0.702. The van der Waals surface area contributed by atoms with Crippen LogP contribution in [0.15, 0.2) is 67.3 Å². The second-order valence-corrected chi connectivity index (χ2v) is 6.62. The Kier molecular flexibility index (Phi) is 7.62. The van der Waals surface area contributed by atoms with Gasteiger partial charge in [-0.05, 0) is 37.1 Å². The molecule has 0 saturated carbocycles. The highest BCUT2D eigenvalue weighted by atomic mass is 16.2. The van der Waals surface area contributed by atoms with Crippen LogP contribution in [-0.2, 0) is 17.8 Å². The summed E-state index contributed by atoms with van der Waals surface area (Å²) in [5.41, 5.74) is 2.64. The van der Waals surface area contributed by atoms with Gasteiger partial charge in [0.25, 0.3) is 0 Å². The van der Waals surface area contributed by atoms with Crippen LogP contribution >= 0.6 is 0 Å². The number of hydrogen-bond acceptors (Lipinski definition) is 2. The van der Waals surface area contributed by atoms with Crippen molar-refractivity contribution in [2.24, 2.45) is 0 Å². The van der Waals surface area contributed by atoms with E-state index in [-0.39, 0.29) is 24.4 Å². The molecule has 0 bridgehead atoms. The Labute approximate surface area is 161 Å². The van der Waals surface area contributed by atoms with E-state index in [0.29, 0.717) is 13.1 Å². The van der Waals surface area contributed by atoms with E-state index in [2.05, 4.69) is 17.2 Å². The molecule has 0 spiro atoms. The Morgan fingerprint density at radius 3 is 2.44 bits per heavy atom. The van der Waals surface area contributed by atoms with Gasteiger partial charge in [0.05, 0.1) is 13.0 Å². The summed E-state index contributed by atoms with van der Waals surface area (Å²) in [5.74, 6) is -0.0757. The molecule has 2 N–H and O–H groups in total. The Morgan fingerprint density at radius 2 is 1.78 bits per heavy atom. The second kappa shape index (κ2) is 10.2. The number of anilines is 1. The molecule has 0 aromatic heterocycles. The molecule has 0 aliphatic rings. The monoisotopic (exact) mass is 365 g/mol. The second-order valence-electron chi connectivity index (χ2n) is 6.62. The van der Waals surface area contributed by atoms with Gasteiger partial charge in [-0.3, -0.25) is 9.69 Å². The molecule has 2 aromatic rings. The summed E-state index contributed by atoms with van der Waals surface area (Å²) in [7, 11) is 0. The van der Waals surface area contributed by atoms with Crippen molar-refractivity contribution in [3.8, 4) is 0 Å². The zero-order valence-electron chi connectivity index (χ0n) is 15.9. The molecule has 0 saturated heterocycles. The Bertz CT molecular complexity index is 772. The number of amides is 3. The van der Waals surface area contributed by atoms with Crippen molar-refractivity contribution in [2.75, 3.05) is 11.4 Å². The highest BCUT2D eigenvalue weighted by molar-refractivity contribution is 5.92. The fraction of sp³-hybridized carbons (Fsp3) is 0.273. The van der Waals surface area contributed by atoms with Gasteiger partial charge in [0.1, 0.15) is 0 Å². The van der Waals surface area contributed by atoms with E-state index >= 15 is 0 Å². The van der Waals surface area contributed by atoms with E-state index in [4.69, 9.17) is 0 Å². The summed E-state index contributed by atoms with van der Waals surface area (Å²) in [4.78, 5) is 26.4. The molecule has 3 amide bonds. The molecule has 2 rings (SSSR count). The molecule has 0 aliphatic heterocycles. The molecule has 5 heteroatoms. The van der Waals surface area contributed by atoms with Gasteiger partial charge in [-0.25, -0.2) is 4.79 Å². The van der Waals surface area contributed by atoms with Crippen LogP contribution in [0.3, 0.4) is 0 Å².